The first-order valence-corrected chi connectivity index (χ1v) is 12.5. The molecule has 0 radical (unpaired) electrons. The summed E-state index contributed by atoms with van der Waals surface area (Å²) in [5, 5.41) is 4.03. The molecule has 5 rings (SSSR count). The van der Waals surface area contributed by atoms with Crippen LogP contribution in [-0.2, 0) is 12.8 Å². The van der Waals surface area contributed by atoms with E-state index >= 15 is 0 Å². The zero-order chi connectivity index (χ0) is 26.3. The van der Waals surface area contributed by atoms with Gasteiger partial charge in [0, 0.05) is 46.5 Å². The largest absolute Gasteiger partial charge is 0.497 e. The van der Waals surface area contributed by atoms with E-state index in [0.29, 0.717) is 48.5 Å². The lowest BCUT2D eigenvalue weighted by molar-refractivity contribution is 0.0908. The van der Waals surface area contributed by atoms with Gasteiger partial charge in [0.15, 0.2) is 5.78 Å². The van der Waals surface area contributed by atoms with Crippen molar-refractivity contribution in [1.29, 1.82) is 0 Å². The van der Waals surface area contributed by atoms with Crippen molar-refractivity contribution < 1.29 is 14.3 Å². The lowest BCUT2D eigenvalue weighted by Crippen LogP contribution is -2.39. The monoisotopic (exact) mass is 497 g/mol. The second-order valence-corrected chi connectivity index (χ2v) is 10.5. The van der Waals surface area contributed by atoms with E-state index in [9.17, 15) is 14.4 Å². The number of pyridine rings is 1. The van der Waals surface area contributed by atoms with Gasteiger partial charge in [-0.3, -0.25) is 19.0 Å². The van der Waals surface area contributed by atoms with Crippen LogP contribution in [0.15, 0.2) is 59.4 Å². The molecule has 1 aliphatic carbocycles. The van der Waals surface area contributed by atoms with Crippen molar-refractivity contribution >= 4 is 22.6 Å². The Morgan fingerprint density at radius 1 is 1.08 bits per heavy atom. The lowest BCUT2D eigenvalue weighted by atomic mass is 9.75. The summed E-state index contributed by atoms with van der Waals surface area (Å²) in [6.07, 6.45) is 1.53. The molecule has 0 fully saturated rings. The number of H-pyrrole nitrogens is 1. The third kappa shape index (κ3) is 4.57. The number of para-hydroxylation sites is 1. The molecule has 7 heteroatoms. The molecule has 2 heterocycles. The Bertz CT molecular complexity index is 1580. The number of hydrogen-bond acceptors (Lipinski definition) is 4. The molecule has 0 saturated heterocycles. The van der Waals surface area contributed by atoms with Crippen LogP contribution in [0.25, 0.3) is 16.6 Å². The third-order valence-corrected chi connectivity index (χ3v) is 7.15. The maximum atomic E-state index is 13.7. The molecule has 7 nitrogen and oxygen atoms in total. The zero-order valence-electron chi connectivity index (χ0n) is 21.6. The number of aromatic nitrogens is 2. The summed E-state index contributed by atoms with van der Waals surface area (Å²) in [4.78, 5) is 43.5. The van der Waals surface area contributed by atoms with E-state index in [1.165, 1.54) is 10.6 Å². The van der Waals surface area contributed by atoms with Crippen LogP contribution in [-0.4, -0.2) is 34.9 Å². The predicted molar refractivity (Wildman–Crippen MR) is 144 cm³/mol. The number of ketones is 1. The minimum Gasteiger partial charge on any atom is -0.497 e. The highest BCUT2D eigenvalue weighted by Crippen LogP contribution is 2.35. The number of nitrogens with zero attached hydrogens (tertiary/aromatic N) is 1. The Morgan fingerprint density at radius 2 is 1.81 bits per heavy atom. The van der Waals surface area contributed by atoms with Gasteiger partial charge in [0.2, 0.25) is 0 Å². The quantitative estimate of drug-likeness (QED) is 0.402. The summed E-state index contributed by atoms with van der Waals surface area (Å²) in [5.74, 6) is 0.116. The van der Waals surface area contributed by atoms with Crippen molar-refractivity contribution in [3.8, 4) is 11.4 Å². The predicted octanol–water partition coefficient (Wildman–Crippen LogP) is 4.76. The number of benzene rings is 2. The fraction of sp³-hybridized carbons (Fsp3) is 0.300. The number of aromatic amines is 1. The van der Waals surface area contributed by atoms with Gasteiger partial charge in [0.05, 0.1) is 7.11 Å². The number of amides is 1. The van der Waals surface area contributed by atoms with Crippen LogP contribution in [0.5, 0.6) is 5.75 Å². The number of aryl methyl sites for hydroxylation is 1. The number of nitrogens with one attached hydrogen (secondary N) is 2. The van der Waals surface area contributed by atoms with E-state index < -0.39 is 11.5 Å². The number of carbonyl (C=O) groups is 2. The van der Waals surface area contributed by atoms with Crippen molar-refractivity contribution in [2.75, 3.05) is 13.7 Å². The summed E-state index contributed by atoms with van der Waals surface area (Å²) in [6.45, 7) is 6.41. The van der Waals surface area contributed by atoms with Crippen LogP contribution in [0.3, 0.4) is 0 Å². The Hall–Kier alpha value is -4.13. The fourth-order valence-corrected chi connectivity index (χ4v) is 5.33. The van der Waals surface area contributed by atoms with Gasteiger partial charge in [-0.2, -0.15) is 0 Å². The molecule has 0 bridgehead atoms. The highest BCUT2D eigenvalue weighted by atomic mass is 16.5. The smallest absolute Gasteiger partial charge is 0.268 e. The van der Waals surface area contributed by atoms with Gasteiger partial charge < -0.3 is 15.0 Å². The minimum atomic E-state index is -0.481. The van der Waals surface area contributed by atoms with E-state index in [1.807, 2.05) is 39.0 Å². The SMILES string of the molecule is COc1ccc(-n2c3c(cc(C(=O)NCCc4c(C)[nH]c5ccccc45)c2=O)C(=O)CC(C)(C)C3)cc1. The Balaban J connectivity index is 1.49. The molecular weight excluding hydrogens is 466 g/mol. The van der Waals surface area contributed by atoms with Crippen molar-refractivity contribution in [2.24, 2.45) is 5.41 Å². The normalized spacial score (nSPS) is 14.4. The number of ether oxygens (including phenoxy) is 1. The second kappa shape index (κ2) is 9.39. The number of Topliss-reactive ketones (excluding diaryl/α,β-unsaturated/α-hetero) is 1. The maximum absolute atomic E-state index is 13.7. The standard InChI is InChI=1S/C30H31N3O4/c1-18-21(22-7-5-6-8-25(22)32-18)13-14-31-28(35)24-15-23-26(16-30(2,3)17-27(23)34)33(29(24)36)19-9-11-20(37-4)12-10-19/h5-12,15,32H,13-14,16-17H2,1-4H3,(H,31,35). The Morgan fingerprint density at radius 3 is 2.54 bits per heavy atom. The van der Waals surface area contributed by atoms with Crippen molar-refractivity contribution in [3.63, 3.8) is 0 Å². The van der Waals surface area contributed by atoms with Crippen LogP contribution in [0.2, 0.25) is 0 Å². The molecule has 1 aliphatic rings. The van der Waals surface area contributed by atoms with Gasteiger partial charge in [0.25, 0.3) is 11.5 Å². The molecule has 1 amide bonds. The highest BCUT2D eigenvalue weighted by Gasteiger charge is 2.35. The molecule has 2 aromatic heterocycles. The van der Waals surface area contributed by atoms with Crippen molar-refractivity contribution in [2.45, 2.75) is 40.0 Å². The number of fused-ring (bicyclic) bond motifs is 2. The zero-order valence-corrected chi connectivity index (χ0v) is 21.6. The van der Waals surface area contributed by atoms with Crippen LogP contribution in [0, 0.1) is 12.3 Å². The fourth-order valence-electron chi connectivity index (χ4n) is 5.33. The molecule has 0 atom stereocenters. The summed E-state index contributed by atoms with van der Waals surface area (Å²) < 4.78 is 6.78. The first-order valence-electron chi connectivity index (χ1n) is 12.5. The van der Waals surface area contributed by atoms with Crippen LogP contribution >= 0.6 is 0 Å². The average Bonchev–Trinajstić information content (AvgIpc) is 3.18. The summed E-state index contributed by atoms with van der Waals surface area (Å²) in [5.41, 5.74) is 4.17. The van der Waals surface area contributed by atoms with Gasteiger partial charge >= 0.3 is 0 Å². The van der Waals surface area contributed by atoms with E-state index in [4.69, 9.17) is 4.74 Å². The van der Waals surface area contributed by atoms with E-state index in [-0.39, 0.29) is 16.8 Å². The highest BCUT2D eigenvalue weighted by molar-refractivity contribution is 6.02. The minimum absolute atomic E-state index is 0.0294. The Labute approximate surface area is 215 Å². The first-order chi connectivity index (χ1) is 17.7. The van der Waals surface area contributed by atoms with E-state index in [0.717, 1.165) is 22.2 Å². The van der Waals surface area contributed by atoms with Gasteiger partial charge in [-0.1, -0.05) is 32.0 Å². The van der Waals surface area contributed by atoms with Crippen LogP contribution in [0.1, 0.15) is 57.9 Å². The van der Waals surface area contributed by atoms with E-state index in [2.05, 4.69) is 16.4 Å². The molecule has 0 spiro atoms. The summed E-state index contributed by atoms with van der Waals surface area (Å²) in [6, 6.07) is 16.6. The lowest BCUT2D eigenvalue weighted by Gasteiger charge is -2.32. The second-order valence-electron chi connectivity index (χ2n) is 10.5. The van der Waals surface area contributed by atoms with Crippen molar-refractivity contribution in [3.05, 3.63) is 93.0 Å². The van der Waals surface area contributed by atoms with Gasteiger partial charge in [-0.25, -0.2) is 0 Å². The molecule has 2 aromatic carbocycles. The number of carbonyl (C=O) groups excluding carboxylic acids is 2. The third-order valence-electron chi connectivity index (χ3n) is 7.15. The van der Waals surface area contributed by atoms with Crippen LogP contribution in [0.4, 0.5) is 0 Å². The van der Waals surface area contributed by atoms with Crippen LogP contribution < -0.4 is 15.6 Å². The molecule has 0 aliphatic heterocycles. The first kappa shape index (κ1) is 24.6. The molecule has 190 valence electrons. The maximum Gasteiger partial charge on any atom is 0.268 e. The number of methoxy groups -OCH3 is 1. The molecule has 37 heavy (non-hydrogen) atoms. The number of hydrogen-bond donors (Lipinski definition) is 2. The molecule has 0 saturated carbocycles. The van der Waals surface area contributed by atoms with Gasteiger partial charge in [0.1, 0.15) is 11.3 Å². The van der Waals surface area contributed by atoms with Crippen molar-refractivity contribution in [1.82, 2.24) is 14.9 Å². The van der Waals surface area contributed by atoms with Gasteiger partial charge in [-0.05, 0) is 67.1 Å². The molecule has 2 N–H and O–H groups in total. The van der Waals surface area contributed by atoms with E-state index in [1.54, 1.807) is 31.4 Å². The topological polar surface area (TPSA) is 93.2 Å². The summed E-state index contributed by atoms with van der Waals surface area (Å²) in [7, 11) is 1.58. The molecule has 0 unspecified atom stereocenters. The Kier molecular flexibility index (Phi) is 6.23. The molecule has 4 aromatic rings. The summed E-state index contributed by atoms with van der Waals surface area (Å²) >= 11 is 0. The average molecular weight is 498 g/mol. The van der Waals surface area contributed by atoms with Gasteiger partial charge in [-0.15, -0.1) is 0 Å². The molecular formula is C30H31N3O4. The number of rotatable bonds is 6.